The zero-order valence-electron chi connectivity index (χ0n) is 15.5. The van der Waals surface area contributed by atoms with Crippen molar-refractivity contribution in [1.29, 1.82) is 0 Å². The van der Waals surface area contributed by atoms with E-state index in [2.05, 4.69) is 10.2 Å². The van der Waals surface area contributed by atoms with E-state index in [0.29, 0.717) is 48.8 Å². The van der Waals surface area contributed by atoms with E-state index in [4.69, 9.17) is 4.42 Å². The maximum absolute atomic E-state index is 13.0. The van der Waals surface area contributed by atoms with Crippen molar-refractivity contribution >= 4 is 10.0 Å². The number of nitrogens with zero attached hydrogens (tertiary/aromatic N) is 3. The van der Waals surface area contributed by atoms with Crippen LogP contribution in [0.25, 0.3) is 11.5 Å². The first-order chi connectivity index (χ1) is 13.9. The molecule has 2 aromatic carbocycles. The first-order valence-electron chi connectivity index (χ1n) is 9.22. The van der Waals surface area contributed by atoms with E-state index >= 15 is 0 Å². The Kier molecular flexibility index (Phi) is 5.42. The van der Waals surface area contributed by atoms with Gasteiger partial charge in [0, 0.05) is 24.6 Å². The van der Waals surface area contributed by atoms with Gasteiger partial charge in [0.2, 0.25) is 21.8 Å². The quantitative estimate of drug-likeness (QED) is 0.630. The molecular weight excluding hydrogens is 400 g/mol. The van der Waals surface area contributed by atoms with Crippen LogP contribution in [0.3, 0.4) is 0 Å². The second kappa shape index (κ2) is 8.00. The Bertz CT molecular complexity index is 1070. The van der Waals surface area contributed by atoms with Crippen LogP contribution >= 0.6 is 0 Å². The first-order valence-corrected chi connectivity index (χ1v) is 10.8. The number of rotatable bonds is 5. The predicted octanol–water partition coefficient (Wildman–Crippen LogP) is 3.72. The molecule has 0 atom stereocenters. The Morgan fingerprint density at radius 2 is 1.52 bits per heavy atom. The first kappa shape index (κ1) is 19.7. The predicted molar refractivity (Wildman–Crippen MR) is 102 cm³/mol. The molecule has 0 aliphatic carbocycles. The van der Waals surface area contributed by atoms with E-state index < -0.39 is 15.8 Å². The molecule has 6 nitrogen and oxygen atoms in total. The highest BCUT2D eigenvalue weighted by atomic mass is 32.2. The highest BCUT2D eigenvalue weighted by molar-refractivity contribution is 7.88. The van der Waals surface area contributed by atoms with Gasteiger partial charge in [-0.1, -0.05) is 12.1 Å². The van der Waals surface area contributed by atoms with Crippen LogP contribution in [0.15, 0.2) is 52.9 Å². The van der Waals surface area contributed by atoms with Crippen LogP contribution in [-0.4, -0.2) is 36.0 Å². The minimum Gasteiger partial charge on any atom is -0.420 e. The third-order valence-corrected chi connectivity index (χ3v) is 6.84. The Labute approximate surface area is 167 Å². The molecule has 0 spiro atoms. The normalized spacial score (nSPS) is 16.2. The average Bonchev–Trinajstić information content (AvgIpc) is 3.20. The van der Waals surface area contributed by atoms with Gasteiger partial charge in [0.25, 0.3) is 0 Å². The van der Waals surface area contributed by atoms with Crippen LogP contribution in [0, 0.1) is 11.6 Å². The zero-order valence-corrected chi connectivity index (χ0v) is 16.3. The molecule has 2 heterocycles. The molecule has 0 amide bonds. The highest BCUT2D eigenvalue weighted by Crippen LogP contribution is 2.30. The Morgan fingerprint density at radius 3 is 2.14 bits per heavy atom. The van der Waals surface area contributed by atoms with Gasteiger partial charge in [0.05, 0.1) is 5.75 Å². The van der Waals surface area contributed by atoms with Gasteiger partial charge in [-0.15, -0.1) is 10.2 Å². The molecule has 0 radical (unpaired) electrons. The van der Waals surface area contributed by atoms with Gasteiger partial charge in [0.15, 0.2) is 0 Å². The molecular formula is C20H19F2N3O3S. The lowest BCUT2D eigenvalue weighted by Crippen LogP contribution is -2.38. The smallest absolute Gasteiger partial charge is 0.247 e. The maximum Gasteiger partial charge on any atom is 0.247 e. The fourth-order valence-electron chi connectivity index (χ4n) is 3.37. The van der Waals surface area contributed by atoms with Gasteiger partial charge < -0.3 is 4.42 Å². The van der Waals surface area contributed by atoms with Crippen molar-refractivity contribution in [2.75, 3.05) is 13.1 Å². The number of halogens is 2. The van der Waals surface area contributed by atoms with E-state index in [-0.39, 0.29) is 17.5 Å². The van der Waals surface area contributed by atoms with E-state index in [1.807, 2.05) is 0 Å². The Hall–Kier alpha value is -2.65. The third kappa shape index (κ3) is 4.51. The van der Waals surface area contributed by atoms with Crippen molar-refractivity contribution in [2.45, 2.75) is 24.5 Å². The number of hydrogen-bond donors (Lipinski definition) is 0. The topological polar surface area (TPSA) is 76.3 Å². The summed E-state index contributed by atoms with van der Waals surface area (Å²) in [4.78, 5) is 0. The molecule has 4 rings (SSSR count). The average molecular weight is 419 g/mol. The van der Waals surface area contributed by atoms with Crippen LogP contribution in [-0.2, 0) is 15.8 Å². The maximum atomic E-state index is 13.0. The third-order valence-electron chi connectivity index (χ3n) is 4.99. The molecule has 1 aliphatic heterocycles. The highest BCUT2D eigenvalue weighted by Gasteiger charge is 2.31. The summed E-state index contributed by atoms with van der Waals surface area (Å²) in [7, 11) is -3.49. The molecule has 1 aliphatic rings. The molecule has 1 saturated heterocycles. The lowest BCUT2D eigenvalue weighted by molar-refractivity contribution is 0.291. The molecule has 29 heavy (non-hydrogen) atoms. The molecule has 1 aromatic heterocycles. The van der Waals surface area contributed by atoms with E-state index in [9.17, 15) is 17.2 Å². The number of sulfonamides is 1. The van der Waals surface area contributed by atoms with Crippen molar-refractivity contribution in [2.24, 2.45) is 0 Å². The minimum atomic E-state index is -3.49. The van der Waals surface area contributed by atoms with Gasteiger partial charge in [-0.2, -0.15) is 0 Å². The monoisotopic (exact) mass is 419 g/mol. The van der Waals surface area contributed by atoms with Gasteiger partial charge in [-0.05, 0) is 54.8 Å². The summed E-state index contributed by atoms with van der Waals surface area (Å²) < 4.78 is 58.5. The van der Waals surface area contributed by atoms with Crippen molar-refractivity contribution in [3.05, 3.63) is 71.6 Å². The van der Waals surface area contributed by atoms with E-state index in [1.165, 1.54) is 40.7 Å². The molecule has 152 valence electrons. The lowest BCUT2D eigenvalue weighted by atomic mass is 9.98. The second-order valence-corrected chi connectivity index (χ2v) is 8.98. The fraction of sp³-hybridized carbons (Fsp3) is 0.300. The van der Waals surface area contributed by atoms with Crippen LogP contribution in [0.5, 0.6) is 0 Å². The van der Waals surface area contributed by atoms with E-state index in [0.717, 1.165) is 0 Å². The van der Waals surface area contributed by atoms with Gasteiger partial charge >= 0.3 is 0 Å². The molecule has 1 fully saturated rings. The number of benzene rings is 2. The summed E-state index contributed by atoms with van der Waals surface area (Å²) in [6.07, 6.45) is 1.13. The Balaban J connectivity index is 1.39. The van der Waals surface area contributed by atoms with Crippen molar-refractivity contribution < 1.29 is 21.6 Å². The van der Waals surface area contributed by atoms with Crippen LogP contribution in [0.1, 0.15) is 30.2 Å². The van der Waals surface area contributed by atoms with Crippen LogP contribution < -0.4 is 0 Å². The number of aromatic nitrogens is 2. The summed E-state index contributed by atoms with van der Waals surface area (Å²) in [5.41, 5.74) is 1.18. The summed E-state index contributed by atoms with van der Waals surface area (Å²) in [6, 6.07) is 11.3. The SMILES string of the molecule is O=S(=O)(Cc1ccc(F)cc1)N1CCC(c2nnc(-c3ccc(F)cc3)o2)CC1. The van der Waals surface area contributed by atoms with Crippen molar-refractivity contribution in [3.63, 3.8) is 0 Å². The second-order valence-electron chi connectivity index (χ2n) is 7.01. The summed E-state index contributed by atoms with van der Waals surface area (Å²) >= 11 is 0. The summed E-state index contributed by atoms with van der Waals surface area (Å²) in [5, 5.41) is 8.11. The minimum absolute atomic E-state index is 0.0334. The molecule has 0 N–H and O–H groups in total. The summed E-state index contributed by atoms with van der Waals surface area (Å²) in [5.74, 6) is -0.165. The number of hydrogen-bond acceptors (Lipinski definition) is 5. The van der Waals surface area contributed by atoms with Gasteiger partial charge in [0.1, 0.15) is 11.6 Å². The van der Waals surface area contributed by atoms with Crippen molar-refractivity contribution in [3.8, 4) is 11.5 Å². The van der Waals surface area contributed by atoms with E-state index in [1.54, 1.807) is 12.1 Å². The van der Waals surface area contributed by atoms with Gasteiger partial charge in [-0.3, -0.25) is 0 Å². The molecule has 0 saturated carbocycles. The van der Waals surface area contributed by atoms with Crippen LogP contribution in [0.4, 0.5) is 8.78 Å². The van der Waals surface area contributed by atoms with Gasteiger partial charge in [-0.25, -0.2) is 21.5 Å². The largest absolute Gasteiger partial charge is 0.420 e. The van der Waals surface area contributed by atoms with Crippen molar-refractivity contribution in [1.82, 2.24) is 14.5 Å². The Morgan fingerprint density at radius 1 is 0.931 bits per heavy atom. The fourth-order valence-corrected chi connectivity index (χ4v) is 4.94. The molecule has 9 heteroatoms. The lowest BCUT2D eigenvalue weighted by Gasteiger charge is -2.29. The number of piperidine rings is 1. The molecule has 0 bridgehead atoms. The zero-order chi connectivity index (χ0) is 20.4. The molecule has 0 unspecified atom stereocenters. The standard InChI is InChI=1S/C20H19F2N3O3S/c21-17-5-1-14(2-6-17)13-29(26,27)25-11-9-16(10-12-25)20-24-23-19(28-20)15-3-7-18(22)8-4-15/h1-8,16H,9-13H2. The van der Waals surface area contributed by atoms with Crippen LogP contribution in [0.2, 0.25) is 0 Å². The molecule has 3 aromatic rings. The summed E-state index contributed by atoms with van der Waals surface area (Å²) in [6.45, 7) is 0.699.